The van der Waals surface area contributed by atoms with Crippen LogP contribution in [-0.4, -0.2) is 42.2 Å². The van der Waals surface area contributed by atoms with Crippen LogP contribution in [0.4, 0.5) is 0 Å². The van der Waals surface area contributed by atoms with Crippen molar-refractivity contribution >= 4 is 5.91 Å². The number of aryl methyl sites for hydroxylation is 1. The van der Waals surface area contributed by atoms with Crippen LogP contribution in [0.25, 0.3) is 0 Å². The second kappa shape index (κ2) is 5.91. The lowest BCUT2D eigenvalue weighted by atomic mass is 9.87. The molecule has 1 amide bonds. The van der Waals surface area contributed by atoms with Crippen LogP contribution in [0.3, 0.4) is 0 Å². The molecule has 0 unspecified atom stereocenters. The van der Waals surface area contributed by atoms with Gasteiger partial charge in [-0.1, -0.05) is 24.3 Å². The summed E-state index contributed by atoms with van der Waals surface area (Å²) in [7, 11) is 0. The number of benzene rings is 1. The summed E-state index contributed by atoms with van der Waals surface area (Å²) in [4.78, 5) is 15.1. The number of nitrogens with zero attached hydrogens (tertiary/aromatic N) is 1. The summed E-state index contributed by atoms with van der Waals surface area (Å²) >= 11 is 0. The van der Waals surface area contributed by atoms with Gasteiger partial charge in [0.05, 0.1) is 37.3 Å². The highest BCUT2D eigenvalue weighted by Gasteiger charge is 2.47. The van der Waals surface area contributed by atoms with E-state index in [9.17, 15) is 4.79 Å². The van der Waals surface area contributed by atoms with Crippen LogP contribution < -0.4 is 0 Å². The summed E-state index contributed by atoms with van der Waals surface area (Å²) in [5.74, 6) is 0.332. The lowest BCUT2D eigenvalue weighted by Crippen LogP contribution is -2.51. The Morgan fingerprint density at radius 3 is 2.78 bits per heavy atom. The first kappa shape index (κ1) is 15.2. The molecule has 3 aliphatic rings. The number of hydrogen-bond donors (Lipinski definition) is 0. The summed E-state index contributed by atoms with van der Waals surface area (Å²) in [6.07, 6.45) is 3.52. The van der Waals surface area contributed by atoms with Crippen molar-refractivity contribution in [1.29, 1.82) is 0 Å². The van der Waals surface area contributed by atoms with E-state index in [2.05, 4.69) is 26.0 Å². The van der Waals surface area contributed by atoms with E-state index >= 15 is 0 Å². The number of amides is 1. The molecule has 0 N–H and O–H groups in total. The second-order valence-electron chi connectivity index (χ2n) is 7.23. The maximum absolute atomic E-state index is 13.1. The fourth-order valence-corrected chi connectivity index (χ4v) is 4.31. The Bertz CT molecular complexity index is 602. The number of carbonyl (C=O) groups excluding carboxylic acids is 1. The minimum absolute atomic E-state index is 0.0177. The third kappa shape index (κ3) is 2.68. The Hall–Kier alpha value is -1.39. The Morgan fingerprint density at radius 2 is 2.09 bits per heavy atom. The number of rotatable bonds is 2. The second-order valence-corrected chi connectivity index (χ2v) is 7.23. The monoisotopic (exact) mass is 315 g/mol. The minimum atomic E-state index is -0.0177. The molecule has 0 radical (unpaired) electrons. The van der Waals surface area contributed by atoms with Crippen molar-refractivity contribution in [2.75, 3.05) is 13.2 Å². The largest absolute Gasteiger partial charge is 0.374 e. The molecule has 4 nitrogen and oxygen atoms in total. The Labute approximate surface area is 137 Å². The van der Waals surface area contributed by atoms with Gasteiger partial charge >= 0.3 is 0 Å². The Morgan fingerprint density at radius 1 is 1.26 bits per heavy atom. The van der Waals surface area contributed by atoms with Crippen molar-refractivity contribution in [2.45, 2.75) is 57.5 Å². The molecule has 2 bridgehead atoms. The number of carbonyl (C=O) groups is 1. The number of fused-ring (bicyclic) bond motifs is 2. The molecule has 4 heteroatoms. The fourth-order valence-electron chi connectivity index (χ4n) is 4.31. The predicted octanol–water partition coefficient (Wildman–Crippen LogP) is 2.85. The highest BCUT2D eigenvalue weighted by atomic mass is 16.5. The highest BCUT2D eigenvalue weighted by Crippen LogP contribution is 2.40. The first-order valence-corrected chi connectivity index (χ1v) is 8.76. The first-order valence-electron chi connectivity index (χ1n) is 8.76. The molecular formula is C19H25NO3. The number of morpholine rings is 1. The summed E-state index contributed by atoms with van der Waals surface area (Å²) in [5, 5.41) is 0. The SMILES string of the molecule is Cc1ccccc1[C@@H]1CN(C(=O)[C@H]2C[C@H]3CC[C@H]2O3)[C@@H](C)CO1. The van der Waals surface area contributed by atoms with Gasteiger partial charge in [0.25, 0.3) is 0 Å². The van der Waals surface area contributed by atoms with Crippen LogP contribution in [-0.2, 0) is 14.3 Å². The van der Waals surface area contributed by atoms with Crippen molar-refractivity contribution in [3.8, 4) is 0 Å². The first-order chi connectivity index (χ1) is 11.1. The summed E-state index contributed by atoms with van der Waals surface area (Å²) < 4.78 is 11.9. The molecule has 0 aliphatic carbocycles. The van der Waals surface area contributed by atoms with E-state index in [0.29, 0.717) is 19.3 Å². The smallest absolute Gasteiger partial charge is 0.228 e. The van der Waals surface area contributed by atoms with Gasteiger partial charge in [-0.3, -0.25) is 4.79 Å². The van der Waals surface area contributed by atoms with Crippen molar-refractivity contribution in [3.63, 3.8) is 0 Å². The van der Waals surface area contributed by atoms with E-state index in [0.717, 1.165) is 19.3 Å². The summed E-state index contributed by atoms with van der Waals surface area (Å²) in [6.45, 7) is 5.44. The quantitative estimate of drug-likeness (QED) is 0.842. The van der Waals surface area contributed by atoms with Gasteiger partial charge in [0, 0.05) is 0 Å². The van der Waals surface area contributed by atoms with E-state index in [4.69, 9.17) is 9.47 Å². The van der Waals surface area contributed by atoms with Crippen LogP contribution in [0, 0.1) is 12.8 Å². The summed E-state index contributed by atoms with van der Waals surface area (Å²) in [6, 6.07) is 8.44. The van der Waals surface area contributed by atoms with Gasteiger partial charge in [-0.2, -0.15) is 0 Å². The maximum atomic E-state index is 13.1. The van der Waals surface area contributed by atoms with E-state index < -0.39 is 0 Å². The molecule has 23 heavy (non-hydrogen) atoms. The topological polar surface area (TPSA) is 38.8 Å². The summed E-state index contributed by atoms with van der Waals surface area (Å²) in [5.41, 5.74) is 2.42. The molecule has 3 aliphatic heterocycles. The third-order valence-electron chi connectivity index (χ3n) is 5.67. The molecule has 3 fully saturated rings. The van der Waals surface area contributed by atoms with Gasteiger partial charge in [-0.25, -0.2) is 0 Å². The van der Waals surface area contributed by atoms with Gasteiger partial charge in [0.1, 0.15) is 6.10 Å². The molecular weight excluding hydrogens is 290 g/mol. The molecule has 3 heterocycles. The van der Waals surface area contributed by atoms with E-state index in [1.165, 1.54) is 11.1 Å². The van der Waals surface area contributed by atoms with Crippen LogP contribution in [0.5, 0.6) is 0 Å². The fraction of sp³-hybridized carbons (Fsp3) is 0.632. The third-order valence-corrected chi connectivity index (χ3v) is 5.67. The molecule has 1 aromatic carbocycles. The molecule has 5 atom stereocenters. The van der Waals surface area contributed by atoms with Crippen molar-refractivity contribution < 1.29 is 14.3 Å². The van der Waals surface area contributed by atoms with Crippen molar-refractivity contribution in [3.05, 3.63) is 35.4 Å². The zero-order valence-corrected chi connectivity index (χ0v) is 13.9. The van der Waals surface area contributed by atoms with Gasteiger partial charge in [-0.15, -0.1) is 0 Å². The lowest BCUT2D eigenvalue weighted by Gasteiger charge is -2.40. The molecule has 0 spiro atoms. The highest BCUT2D eigenvalue weighted by molar-refractivity contribution is 5.80. The zero-order valence-electron chi connectivity index (χ0n) is 13.9. The maximum Gasteiger partial charge on any atom is 0.228 e. The Balaban J connectivity index is 1.51. The van der Waals surface area contributed by atoms with E-state index in [1.54, 1.807) is 0 Å². The van der Waals surface area contributed by atoms with Crippen LogP contribution in [0.1, 0.15) is 43.4 Å². The molecule has 4 rings (SSSR count). The number of hydrogen-bond acceptors (Lipinski definition) is 3. The van der Waals surface area contributed by atoms with E-state index in [1.807, 2.05) is 17.0 Å². The van der Waals surface area contributed by atoms with Gasteiger partial charge < -0.3 is 14.4 Å². The standard InChI is InChI=1S/C19H25NO3/c1-12-5-3-4-6-15(12)18-10-20(13(2)11-22-18)19(21)16-9-14-7-8-17(16)23-14/h3-6,13-14,16-18H,7-11H2,1-2H3/t13-,14+,16-,17+,18-/m0/s1. The lowest BCUT2D eigenvalue weighted by molar-refractivity contribution is -0.150. The molecule has 1 aromatic rings. The normalized spacial score (nSPS) is 36.4. The average Bonchev–Trinajstić information content (AvgIpc) is 3.18. The van der Waals surface area contributed by atoms with Crippen molar-refractivity contribution in [2.24, 2.45) is 5.92 Å². The molecule has 124 valence electrons. The average molecular weight is 315 g/mol. The zero-order chi connectivity index (χ0) is 16.0. The molecule has 3 saturated heterocycles. The van der Waals surface area contributed by atoms with Gasteiger partial charge in [-0.05, 0) is 44.2 Å². The van der Waals surface area contributed by atoms with Crippen molar-refractivity contribution in [1.82, 2.24) is 4.90 Å². The van der Waals surface area contributed by atoms with Gasteiger partial charge in [0.2, 0.25) is 5.91 Å². The van der Waals surface area contributed by atoms with E-state index in [-0.39, 0.29) is 30.1 Å². The minimum Gasteiger partial charge on any atom is -0.374 e. The van der Waals surface area contributed by atoms with Crippen LogP contribution in [0.2, 0.25) is 0 Å². The predicted molar refractivity (Wildman–Crippen MR) is 87.0 cm³/mol. The van der Waals surface area contributed by atoms with Gasteiger partial charge in [0.15, 0.2) is 0 Å². The van der Waals surface area contributed by atoms with Crippen LogP contribution in [0.15, 0.2) is 24.3 Å². The number of ether oxygens (including phenoxy) is 2. The Kier molecular flexibility index (Phi) is 3.90. The van der Waals surface area contributed by atoms with Crippen LogP contribution >= 0.6 is 0 Å². The molecule has 0 aromatic heterocycles. The molecule has 0 saturated carbocycles.